The lowest BCUT2D eigenvalue weighted by molar-refractivity contribution is -0.115. The van der Waals surface area contributed by atoms with Crippen LogP contribution in [0.3, 0.4) is 0 Å². The third-order valence-electron chi connectivity index (χ3n) is 2.76. The van der Waals surface area contributed by atoms with E-state index < -0.39 is 0 Å². The Balaban J connectivity index is 1.80. The highest BCUT2D eigenvalue weighted by Crippen LogP contribution is 2.16. The number of nitrogens with zero attached hydrogens (tertiary/aromatic N) is 1. The Morgan fingerprint density at radius 1 is 1.40 bits per heavy atom. The average molecular weight is 291 g/mol. The maximum Gasteiger partial charge on any atom is 0.238 e. The van der Waals surface area contributed by atoms with Crippen LogP contribution in [0.1, 0.15) is 18.0 Å². The summed E-state index contributed by atoms with van der Waals surface area (Å²) in [5, 5.41) is 8.85. The number of amides is 1. The van der Waals surface area contributed by atoms with Crippen LogP contribution in [0.15, 0.2) is 35.8 Å². The lowest BCUT2D eigenvalue weighted by Gasteiger charge is -2.11. The number of carbonyl (C=O) groups excluding carboxylic acids is 1. The SMILES string of the molecule is COc1ccc(NC(=O)CNC(C)c2nccs2)cc1. The van der Waals surface area contributed by atoms with Gasteiger partial charge in [0, 0.05) is 17.3 Å². The zero-order valence-electron chi connectivity index (χ0n) is 11.4. The molecule has 1 aromatic heterocycles. The van der Waals surface area contributed by atoms with Crippen molar-refractivity contribution in [3.63, 3.8) is 0 Å². The molecule has 0 bridgehead atoms. The van der Waals surface area contributed by atoms with Crippen LogP contribution in [0, 0.1) is 0 Å². The van der Waals surface area contributed by atoms with Gasteiger partial charge in [0.25, 0.3) is 0 Å². The van der Waals surface area contributed by atoms with Crippen LogP contribution < -0.4 is 15.4 Å². The van der Waals surface area contributed by atoms with Crippen LogP contribution in [0.5, 0.6) is 5.75 Å². The van der Waals surface area contributed by atoms with Crippen molar-refractivity contribution in [3.8, 4) is 5.75 Å². The number of nitrogens with one attached hydrogen (secondary N) is 2. The van der Waals surface area contributed by atoms with Crippen molar-refractivity contribution in [2.45, 2.75) is 13.0 Å². The number of benzene rings is 1. The molecule has 0 saturated carbocycles. The minimum atomic E-state index is -0.0847. The molecular weight excluding hydrogens is 274 g/mol. The summed E-state index contributed by atoms with van der Waals surface area (Å²) < 4.78 is 5.06. The molecule has 2 aromatic rings. The van der Waals surface area contributed by atoms with E-state index >= 15 is 0 Å². The van der Waals surface area contributed by atoms with Gasteiger partial charge in [-0.05, 0) is 31.2 Å². The quantitative estimate of drug-likeness (QED) is 0.858. The predicted molar refractivity (Wildman–Crippen MR) is 80.2 cm³/mol. The zero-order valence-corrected chi connectivity index (χ0v) is 12.2. The van der Waals surface area contributed by atoms with Gasteiger partial charge in [-0.15, -0.1) is 11.3 Å². The standard InChI is InChI=1S/C14H17N3O2S/c1-10(14-15-7-8-20-14)16-9-13(18)17-11-3-5-12(19-2)6-4-11/h3-8,10,16H,9H2,1-2H3,(H,17,18). The van der Waals surface area contributed by atoms with Crippen LogP contribution in [-0.4, -0.2) is 24.5 Å². The molecule has 2 N–H and O–H groups in total. The maximum atomic E-state index is 11.8. The molecule has 0 aliphatic rings. The van der Waals surface area contributed by atoms with Crippen LogP contribution in [0.25, 0.3) is 0 Å². The summed E-state index contributed by atoms with van der Waals surface area (Å²) in [7, 11) is 1.61. The van der Waals surface area contributed by atoms with Gasteiger partial charge in [-0.25, -0.2) is 4.98 Å². The minimum absolute atomic E-state index is 0.0663. The fourth-order valence-electron chi connectivity index (χ4n) is 1.66. The van der Waals surface area contributed by atoms with Crippen molar-refractivity contribution in [3.05, 3.63) is 40.8 Å². The second-order valence-corrected chi connectivity index (χ2v) is 5.18. The molecule has 5 nitrogen and oxygen atoms in total. The predicted octanol–water partition coefficient (Wildman–Crippen LogP) is 2.44. The van der Waals surface area contributed by atoms with Crippen molar-refractivity contribution >= 4 is 22.9 Å². The highest BCUT2D eigenvalue weighted by molar-refractivity contribution is 7.09. The van der Waals surface area contributed by atoms with Gasteiger partial charge in [0.1, 0.15) is 10.8 Å². The number of carbonyl (C=O) groups is 1. The molecule has 0 spiro atoms. The van der Waals surface area contributed by atoms with E-state index in [2.05, 4.69) is 15.6 Å². The molecule has 20 heavy (non-hydrogen) atoms. The van der Waals surface area contributed by atoms with Crippen LogP contribution in [-0.2, 0) is 4.79 Å². The second-order valence-electron chi connectivity index (χ2n) is 4.25. The topological polar surface area (TPSA) is 63.2 Å². The first kappa shape index (κ1) is 14.5. The van der Waals surface area contributed by atoms with E-state index in [9.17, 15) is 4.79 Å². The summed E-state index contributed by atoms with van der Waals surface area (Å²) >= 11 is 1.57. The smallest absolute Gasteiger partial charge is 0.238 e. The van der Waals surface area contributed by atoms with Gasteiger partial charge in [-0.3, -0.25) is 10.1 Å². The molecule has 0 aliphatic heterocycles. The fourth-order valence-corrected chi connectivity index (χ4v) is 2.33. The summed E-state index contributed by atoms with van der Waals surface area (Å²) in [5.74, 6) is 0.678. The van der Waals surface area contributed by atoms with Crippen LogP contribution in [0.2, 0.25) is 0 Å². The Morgan fingerprint density at radius 2 is 2.15 bits per heavy atom. The van der Waals surface area contributed by atoms with Crippen molar-refractivity contribution in [2.75, 3.05) is 19.0 Å². The third-order valence-corrected chi connectivity index (χ3v) is 3.72. The van der Waals surface area contributed by atoms with Crippen molar-refractivity contribution in [2.24, 2.45) is 0 Å². The summed E-state index contributed by atoms with van der Waals surface area (Å²) in [6, 6.07) is 7.29. The Labute approximate surface area is 122 Å². The molecule has 0 saturated heterocycles. The van der Waals surface area contributed by atoms with Gasteiger partial charge >= 0.3 is 0 Å². The lowest BCUT2D eigenvalue weighted by atomic mass is 10.3. The molecule has 1 heterocycles. The van der Waals surface area contributed by atoms with Gasteiger partial charge in [0.15, 0.2) is 0 Å². The Morgan fingerprint density at radius 3 is 2.75 bits per heavy atom. The highest BCUT2D eigenvalue weighted by Gasteiger charge is 2.09. The minimum Gasteiger partial charge on any atom is -0.497 e. The van der Waals surface area contributed by atoms with E-state index in [1.807, 2.05) is 12.3 Å². The molecule has 1 unspecified atom stereocenters. The number of thiazole rings is 1. The summed E-state index contributed by atoms with van der Waals surface area (Å²) in [6.45, 7) is 2.23. The maximum absolute atomic E-state index is 11.8. The number of hydrogen-bond donors (Lipinski definition) is 2. The fraction of sp³-hybridized carbons (Fsp3) is 0.286. The van der Waals surface area contributed by atoms with Gasteiger partial charge in [-0.1, -0.05) is 0 Å². The number of anilines is 1. The molecule has 0 radical (unpaired) electrons. The van der Waals surface area contributed by atoms with Crippen LogP contribution >= 0.6 is 11.3 Å². The molecule has 1 atom stereocenters. The summed E-state index contributed by atoms with van der Waals surface area (Å²) in [6.07, 6.45) is 1.76. The molecule has 1 aromatic carbocycles. The van der Waals surface area contributed by atoms with Gasteiger partial charge in [0.2, 0.25) is 5.91 Å². The lowest BCUT2D eigenvalue weighted by Crippen LogP contribution is -2.30. The second kappa shape index (κ2) is 7.02. The van der Waals surface area contributed by atoms with E-state index in [1.54, 1.807) is 48.9 Å². The molecule has 106 valence electrons. The molecule has 0 aliphatic carbocycles. The third kappa shape index (κ3) is 4.04. The van der Waals surface area contributed by atoms with Crippen LogP contribution in [0.4, 0.5) is 5.69 Å². The number of ether oxygens (including phenoxy) is 1. The van der Waals surface area contributed by atoms with Gasteiger partial charge in [0.05, 0.1) is 19.7 Å². The summed E-state index contributed by atoms with van der Waals surface area (Å²) in [4.78, 5) is 16.0. The number of rotatable bonds is 6. The molecule has 2 rings (SSSR count). The van der Waals surface area contributed by atoms with E-state index in [1.165, 1.54) is 0 Å². The van der Waals surface area contributed by atoms with Gasteiger partial charge < -0.3 is 10.1 Å². The first-order valence-electron chi connectivity index (χ1n) is 6.25. The number of aromatic nitrogens is 1. The van der Waals surface area contributed by atoms with E-state index in [4.69, 9.17) is 4.74 Å². The van der Waals surface area contributed by atoms with Crippen molar-refractivity contribution in [1.82, 2.24) is 10.3 Å². The monoisotopic (exact) mass is 291 g/mol. The van der Waals surface area contributed by atoms with Crippen molar-refractivity contribution in [1.29, 1.82) is 0 Å². The molecule has 6 heteroatoms. The van der Waals surface area contributed by atoms with E-state index in [0.29, 0.717) is 0 Å². The molecule has 0 fully saturated rings. The molecular formula is C14H17N3O2S. The largest absolute Gasteiger partial charge is 0.497 e. The first-order valence-corrected chi connectivity index (χ1v) is 7.13. The van der Waals surface area contributed by atoms with Crippen molar-refractivity contribution < 1.29 is 9.53 Å². The normalized spacial score (nSPS) is 11.9. The molecule has 1 amide bonds. The zero-order chi connectivity index (χ0) is 14.4. The Kier molecular flexibility index (Phi) is 5.09. The first-order chi connectivity index (χ1) is 9.69. The van der Waals surface area contributed by atoms with E-state index in [0.717, 1.165) is 16.4 Å². The Hall–Kier alpha value is -1.92. The number of hydrogen-bond acceptors (Lipinski definition) is 5. The number of methoxy groups -OCH3 is 1. The van der Waals surface area contributed by atoms with E-state index in [-0.39, 0.29) is 18.5 Å². The Bertz CT molecular complexity index is 540. The van der Waals surface area contributed by atoms with Gasteiger partial charge in [-0.2, -0.15) is 0 Å². The highest BCUT2D eigenvalue weighted by atomic mass is 32.1. The average Bonchev–Trinajstić information content (AvgIpc) is 3.00. The summed E-state index contributed by atoms with van der Waals surface area (Å²) in [5.41, 5.74) is 0.750.